The van der Waals surface area contributed by atoms with E-state index in [9.17, 15) is 9.90 Å². The van der Waals surface area contributed by atoms with Crippen molar-refractivity contribution in [3.05, 3.63) is 59.4 Å². The first-order valence-electron chi connectivity index (χ1n) is 15.0. The summed E-state index contributed by atoms with van der Waals surface area (Å²) in [5.74, 6) is 1.22. The van der Waals surface area contributed by atoms with E-state index in [0.717, 1.165) is 118 Å². The van der Waals surface area contributed by atoms with Crippen LogP contribution in [-0.4, -0.2) is 103 Å². The number of piperazine rings is 1. The maximum absolute atomic E-state index is 10.8. The number of anilines is 2. The molecule has 0 saturated carbocycles. The molecule has 1 N–H and O–H groups in total. The summed E-state index contributed by atoms with van der Waals surface area (Å²) in [6, 6.07) is 10.5. The van der Waals surface area contributed by atoms with Gasteiger partial charge in [-0.15, -0.1) is 0 Å². The average molecular weight is 573 g/mol. The molecular formula is C32H40N6O4. The summed E-state index contributed by atoms with van der Waals surface area (Å²) in [5.41, 5.74) is 4.32. The van der Waals surface area contributed by atoms with Gasteiger partial charge in [-0.1, -0.05) is 23.8 Å². The topological polar surface area (TPSA) is 94.5 Å². The van der Waals surface area contributed by atoms with Gasteiger partial charge in [-0.3, -0.25) is 9.69 Å². The Balaban J connectivity index is 1.24. The van der Waals surface area contributed by atoms with Crippen LogP contribution in [-0.2, 0) is 22.5 Å². The molecule has 0 unspecified atom stereocenters. The van der Waals surface area contributed by atoms with Gasteiger partial charge in [0.05, 0.1) is 32.1 Å². The molecule has 0 amide bonds. The maximum Gasteiger partial charge on any atom is 0.318 e. The lowest BCUT2D eigenvalue weighted by Crippen LogP contribution is -2.45. The van der Waals surface area contributed by atoms with Gasteiger partial charge in [0.1, 0.15) is 17.9 Å². The van der Waals surface area contributed by atoms with Gasteiger partial charge in [-0.05, 0) is 37.3 Å². The number of aldehydes is 1. The number of aromatic nitrogens is 2. The second-order valence-corrected chi connectivity index (χ2v) is 11.3. The summed E-state index contributed by atoms with van der Waals surface area (Å²) in [6.07, 6.45) is 5.93. The molecule has 3 aromatic rings. The van der Waals surface area contributed by atoms with Crippen LogP contribution in [0.25, 0.3) is 10.8 Å². The molecule has 0 radical (unpaired) electrons. The van der Waals surface area contributed by atoms with Crippen molar-refractivity contribution in [1.82, 2.24) is 19.8 Å². The monoisotopic (exact) mass is 572 g/mol. The van der Waals surface area contributed by atoms with E-state index in [0.29, 0.717) is 19.2 Å². The zero-order valence-corrected chi connectivity index (χ0v) is 24.4. The molecule has 6 rings (SSSR count). The number of rotatable bonds is 9. The molecule has 2 saturated heterocycles. The lowest BCUT2D eigenvalue weighted by molar-refractivity contribution is -0.104. The molecule has 4 heterocycles. The molecule has 2 fully saturated rings. The average Bonchev–Trinajstić information content (AvgIpc) is 3.01. The number of morpholine rings is 1. The highest BCUT2D eigenvalue weighted by Crippen LogP contribution is 2.36. The first-order chi connectivity index (χ1) is 20.6. The van der Waals surface area contributed by atoms with Crippen molar-refractivity contribution in [3.8, 4) is 11.8 Å². The fourth-order valence-corrected chi connectivity index (χ4v) is 6.15. The number of carbonyl (C=O) groups excluding carboxylic acids is 1. The number of allylic oxidation sites excluding steroid dienone is 1. The van der Waals surface area contributed by atoms with Crippen LogP contribution in [0.4, 0.5) is 11.5 Å². The Morgan fingerprint density at radius 3 is 2.64 bits per heavy atom. The Morgan fingerprint density at radius 1 is 1.00 bits per heavy atom. The van der Waals surface area contributed by atoms with Crippen molar-refractivity contribution in [1.29, 1.82) is 0 Å². The molecule has 3 aliphatic rings. The lowest BCUT2D eigenvalue weighted by Gasteiger charge is -2.38. The number of aryl methyl sites for hydroxylation is 1. The summed E-state index contributed by atoms with van der Waals surface area (Å²) in [6.45, 7) is 11.8. The number of phenolic OH excluding ortho intramolecular Hbond substituents is 1. The van der Waals surface area contributed by atoms with E-state index in [1.54, 1.807) is 6.08 Å². The number of aromatic hydroxyl groups is 1. The summed E-state index contributed by atoms with van der Waals surface area (Å²) in [4.78, 5) is 29.9. The highest BCUT2D eigenvalue weighted by molar-refractivity contribution is 5.96. The van der Waals surface area contributed by atoms with Crippen molar-refractivity contribution in [2.24, 2.45) is 0 Å². The Morgan fingerprint density at radius 2 is 1.83 bits per heavy atom. The van der Waals surface area contributed by atoms with E-state index < -0.39 is 0 Å². The van der Waals surface area contributed by atoms with Crippen LogP contribution < -0.4 is 14.5 Å². The molecule has 3 aliphatic heterocycles. The maximum atomic E-state index is 10.8. The first kappa shape index (κ1) is 28.2. The van der Waals surface area contributed by atoms with Crippen LogP contribution in [0.5, 0.6) is 11.8 Å². The fraction of sp³-hybridized carbons (Fsp3) is 0.469. The SMILES string of the molecule is Cc1ccc2c(N3CCc4c(nc(OCCCN5CCOCC5)nc4N4CCN(C=CC=O)CC4)C3)cc(O)cc2c1. The number of benzene rings is 2. The molecule has 10 nitrogen and oxygen atoms in total. The van der Waals surface area contributed by atoms with Crippen molar-refractivity contribution < 1.29 is 19.4 Å². The molecular weight excluding hydrogens is 532 g/mol. The normalized spacial score (nSPS) is 18.1. The van der Waals surface area contributed by atoms with E-state index in [1.165, 1.54) is 5.56 Å². The van der Waals surface area contributed by atoms with Gasteiger partial charge < -0.3 is 29.3 Å². The summed E-state index contributed by atoms with van der Waals surface area (Å²) < 4.78 is 11.6. The Hall–Kier alpha value is -3.89. The second kappa shape index (κ2) is 13.0. The fourth-order valence-electron chi connectivity index (χ4n) is 6.15. The lowest BCUT2D eigenvalue weighted by atomic mass is 10.0. The third-order valence-electron chi connectivity index (χ3n) is 8.38. The number of carbonyl (C=O) groups is 1. The van der Waals surface area contributed by atoms with Crippen molar-refractivity contribution >= 4 is 28.6 Å². The van der Waals surface area contributed by atoms with Gasteiger partial charge in [-0.25, -0.2) is 0 Å². The van der Waals surface area contributed by atoms with Crippen LogP contribution in [0.3, 0.4) is 0 Å². The predicted molar refractivity (Wildman–Crippen MR) is 163 cm³/mol. The van der Waals surface area contributed by atoms with E-state index in [2.05, 4.69) is 44.7 Å². The minimum absolute atomic E-state index is 0.267. The minimum Gasteiger partial charge on any atom is -0.508 e. The third kappa shape index (κ3) is 6.44. The summed E-state index contributed by atoms with van der Waals surface area (Å²) >= 11 is 0. The molecule has 0 atom stereocenters. The number of fused-ring (bicyclic) bond motifs is 2. The zero-order valence-electron chi connectivity index (χ0n) is 24.4. The molecule has 10 heteroatoms. The summed E-state index contributed by atoms with van der Waals surface area (Å²) in [7, 11) is 0. The number of phenols is 1. The van der Waals surface area contributed by atoms with Crippen molar-refractivity contribution in [2.75, 3.05) is 82.0 Å². The molecule has 0 spiro atoms. The zero-order chi connectivity index (χ0) is 28.9. The molecule has 2 aromatic carbocycles. The van der Waals surface area contributed by atoms with Crippen molar-refractivity contribution in [2.45, 2.75) is 26.3 Å². The van der Waals surface area contributed by atoms with Crippen LogP contribution in [0.2, 0.25) is 0 Å². The predicted octanol–water partition coefficient (Wildman–Crippen LogP) is 3.14. The van der Waals surface area contributed by atoms with E-state index in [-0.39, 0.29) is 5.75 Å². The first-order valence-corrected chi connectivity index (χ1v) is 15.0. The Bertz CT molecular complexity index is 1430. The van der Waals surface area contributed by atoms with Crippen LogP contribution in [0, 0.1) is 6.92 Å². The quantitative estimate of drug-likeness (QED) is 0.234. The van der Waals surface area contributed by atoms with Gasteiger partial charge in [-0.2, -0.15) is 9.97 Å². The molecule has 222 valence electrons. The minimum atomic E-state index is 0.267. The highest BCUT2D eigenvalue weighted by atomic mass is 16.5. The number of hydrogen-bond donors (Lipinski definition) is 1. The molecule has 42 heavy (non-hydrogen) atoms. The van der Waals surface area contributed by atoms with E-state index in [4.69, 9.17) is 19.4 Å². The van der Waals surface area contributed by atoms with Gasteiger partial charge in [0.25, 0.3) is 0 Å². The van der Waals surface area contributed by atoms with Gasteiger partial charge in [0, 0.05) is 81.3 Å². The molecule has 1 aromatic heterocycles. The molecule has 0 aliphatic carbocycles. The highest BCUT2D eigenvalue weighted by Gasteiger charge is 2.28. The molecule has 0 bridgehead atoms. The standard InChI is InChI=1S/C32H40N6O4/c1-24-4-5-27-25(20-24)21-26(40)22-30(27)38-9-6-28-29(23-38)33-32(42-17-3-8-36-14-18-41-19-15-36)34-31(28)37-12-10-35(11-13-37)7-2-16-39/h2,4-5,7,16,20-22,40H,3,6,8-15,17-19,23H2,1H3. The van der Waals surface area contributed by atoms with E-state index in [1.807, 2.05) is 18.3 Å². The second-order valence-electron chi connectivity index (χ2n) is 11.3. The van der Waals surface area contributed by atoms with Gasteiger partial charge >= 0.3 is 6.01 Å². The summed E-state index contributed by atoms with van der Waals surface area (Å²) in [5, 5.41) is 12.7. The number of hydrogen-bond acceptors (Lipinski definition) is 10. The van der Waals surface area contributed by atoms with Crippen LogP contribution in [0.1, 0.15) is 23.2 Å². The number of ether oxygens (including phenoxy) is 2. The largest absolute Gasteiger partial charge is 0.508 e. The number of nitrogens with zero attached hydrogens (tertiary/aromatic N) is 6. The van der Waals surface area contributed by atoms with Crippen molar-refractivity contribution in [3.63, 3.8) is 0 Å². The van der Waals surface area contributed by atoms with Crippen LogP contribution >= 0.6 is 0 Å². The van der Waals surface area contributed by atoms with Crippen LogP contribution in [0.15, 0.2) is 42.6 Å². The smallest absolute Gasteiger partial charge is 0.318 e. The van der Waals surface area contributed by atoms with Gasteiger partial charge in [0.15, 0.2) is 0 Å². The van der Waals surface area contributed by atoms with Gasteiger partial charge in [0.2, 0.25) is 0 Å². The third-order valence-corrected chi connectivity index (χ3v) is 8.38. The Kier molecular flexibility index (Phi) is 8.71. The van der Waals surface area contributed by atoms with E-state index >= 15 is 0 Å². The Labute approximate surface area is 247 Å².